The van der Waals surface area contributed by atoms with Crippen molar-refractivity contribution in [3.8, 4) is 6.07 Å². The lowest BCUT2D eigenvalue weighted by molar-refractivity contribution is -0.0327. The van der Waals surface area contributed by atoms with Gasteiger partial charge in [0.15, 0.2) is 0 Å². The Hall–Kier alpha value is -3.59. The number of nitrogens with zero attached hydrogens (tertiary/aromatic N) is 8. The minimum atomic E-state index is -0.956. The van der Waals surface area contributed by atoms with Crippen molar-refractivity contribution < 1.29 is 9.13 Å². The summed E-state index contributed by atoms with van der Waals surface area (Å²) in [4.78, 5) is 22.9. The van der Waals surface area contributed by atoms with Crippen molar-refractivity contribution in [3.63, 3.8) is 0 Å². The van der Waals surface area contributed by atoms with E-state index in [2.05, 4.69) is 37.7 Å². The minimum absolute atomic E-state index is 0.0671. The third-order valence-electron chi connectivity index (χ3n) is 8.24. The molecule has 0 unspecified atom stereocenters. The van der Waals surface area contributed by atoms with Crippen LogP contribution in [-0.2, 0) is 4.74 Å². The van der Waals surface area contributed by atoms with Crippen LogP contribution in [0.5, 0.6) is 0 Å². The second-order valence-electron chi connectivity index (χ2n) is 11.6. The number of hydrogen-bond acceptors (Lipinski definition) is 10. The van der Waals surface area contributed by atoms with Gasteiger partial charge in [-0.2, -0.15) is 10.2 Å². The van der Waals surface area contributed by atoms with E-state index in [1.165, 1.54) is 0 Å². The quantitative estimate of drug-likeness (QED) is 0.501. The Morgan fingerprint density at radius 1 is 1.05 bits per heavy atom. The average Bonchev–Trinajstić information content (AvgIpc) is 2.96. The molecule has 3 saturated heterocycles. The number of fused-ring (bicyclic) bond motifs is 1. The minimum Gasteiger partial charge on any atom is -0.370 e. The van der Waals surface area contributed by atoms with E-state index >= 15 is 0 Å². The molecule has 0 radical (unpaired) electrons. The molecule has 4 atom stereocenters. The van der Waals surface area contributed by atoms with Crippen LogP contribution in [0.2, 0.25) is 0 Å². The standard InChI is InChI=1S/C30H38FN9O/c1-20-12-28(36-30(35-20)40-16-23(31)13-24(33)17-40)38-10-8-37(9-11-38)18-25-19-39(15-21(2)41-25)27-6-5-22(14-32)29-26(27)4-3-7-34-29/h3-7,12,21,23-25H,8-11,13,15-19,33H2,1-2H3/t21-,23-,24-,25+/m1/s1. The van der Waals surface area contributed by atoms with Crippen LogP contribution in [0.1, 0.15) is 24.6 Å². The largest absolute Gasteiger partial charge is 0.370 e. The number of aryl methyl sites for hydroxylation is 1. The molecular weight excluding hydrogens is 521 g/mol. The van der Waals surface area contributed by atoms with Gasteiger partial charge in [0, 0.05) is 87.4 Å². The van der Waals surface area contributed by atoms with Crippen LogP contribution in [0.4, 0.5) is 21.8 Å². The lowest BCUT2D eigenvalue weighted by atomic mass is 10.1. The molecule has 11 heteroatoms. The Kier molecular flexibility index (Phi) is 7.88. The van der Waals surface area contributed by atoms with Gasteiger partial charge in [0.05, 0.1) is 29.8 Å². The molecule has 10 nitrogen and oxygen atoms in total. The normalized spacial score (nSPS) is 25.9. The van der Waals surface area contributed by atoms with Crippen LogP contribution in [0.3, 0.4) is 0 Å². The topological polar surface area (TPSA) is 111 Å². The number of hydrogen-bond donors (Lipinski definition) is 1. The van der Waals surface area contributed by atoms with Crippen molar-refractivity contribution in [1.82, 2.24) is 19.9 Å². The monoisotopic (exact) mass is 559 g/mol. The fourth-order valence-electron chi connectivity index (χ4n) is 6.39. The van der Waals surface area contributed by atoms with E-state index in [1.54, 1.807) is 6.20 Å². The number of rotatable bonds is 5. The lowest BCUT2D eigenvalue weighted by Crippen LogP contribution is -2.54. The number of alkyl halides is 1. The fraction of sp³-hybridized carbons (Fsp3) is 0.533. The maximum Gasteiger partial charge on any atom is 0.227 e. The van der Waals surface area contributed by atoms with Gasteiger partial charge in [0.1, 0.15) is 18.1 Å². The Bertz CT molecular complexity index is 1410. The van der Waals surface area contributed by atoms with Crippen LogP contribution in [-0.4, -0.2) is 103 Å². The summed E-state index contributed by atoms with van der Waals surface area (Å²) in [6, 6.07) is 12.0. The second-order valence-corrected chi connectivity index (χ2v) is 11.6. The summed E-state index contributed by atoms with van der Waals surface area (Å²) in [5.41, 5.74) is 9.38. The molecule has 5 heterocycles. The Morgan fingerprint density at radius 2 is 1.88 bits per heavy atom. The molecule has 3 aromatic rings. The molecule has 6 rings (SSSR count). The smallest absolute Gasteiger partial charge is 0.227 e. The Balaban J connectivity index is 1.10. The summed E-state index contributed by atoms with van der Waals surface area (Å²) in [6.07, 6.45) is 1.33. The molecule has 2 aromatic heterocycles. The van der Waals surface area contributed by atoms with Gasteiger partial charge < -0.3 is 25.2 Å². The molecule has 1 aromatic carbocycles. The molecule has 216 valence electrons. The van der Waals surface area contributed by atoms with Gasteiger partial charge in [-0.05, 0) is 44.5 Å². The highest BCUT2D eigenvalue weighted by Gasteiger charge is 2.31. The van der Waals surface area contributed by atoms with Crippen LogP contribution in [0, 0.1) is 18.3 Å². The van der Waals surface area contributed by atoms with E-state index < -0.39 is 6.17 Å². The van der Waals surface area contributed by atoms with Gasteiger partial charge >= 0.3 is 0 Å². The van der Waals surface area contributed by atoms with Gasteiger partial charge in [-0.25, -0.2) is 9.37 Å². The van der Waals surface area contributed by atoms with Crippen molar-refractivity contribution in [1.29, 1.82) is 5.26 Å². The molecule has 0 aliphatic carbocycles. The van der Waals surface area contributed by atoms with Crippen molar-refractivity contribution in [2.45, 2.75) is 44.7 Å². The third kappa shape index (κ3) is 6.05. The van der Waals surface area contributed by atoms with Gasteiger partial charge in [-0.15, -0.1) is 0 Å². The summed E-state index contributed by atoms with van der Waals surface area (Å²) in [5, 5.41) is 10.5. The van der Waals surface area contributed by atoms with Gasteiger partial charge in [0.25, 0.3) is 0 Å². The molecular formula is C30H38FN9O. The summed E-state index contributed by atoms with van der Waals surface area (Å²) >= 11 is 0. The molecule has 3 aliphatic rings. The molecule has 2 N–H and O–H groups in total. The van der Waals surface area contributed by atoms with E-state index in [4.69, 9.17) is 15.5 Å². The number of halogens is 1. The van der Waals surface area contributed by atoms with E-state index in [9.17, 15) is 9.65 Å². The van der Waals surface area contributed by atoms with Crippen molar-refractivity contribution in [3.05, 3.63) is 47.8 Å². The number of ether oxygens (including phenoxy) is 1. The number of nitriles is 1. The van der Waals surface area contributed by atoms with E-state index in [-0.39, 0.29) is 24.8 Å². The first-order valence-electron chi connectivity index (χ1n) is 14.5. The number of piperidine rings is 1. The van der Waals surface area contributed by atoms with Gasteiger partial charge in [0.2, 0.25) is 5.95 Å². The van der Waals surface area contributed by atoms with Crippen LogP contribution in [0.15, 0.2) is 36.5 Å². The highest BCUT2D eigenvalue weighted by Crippen LogP contribution is 2.30. The molecule has 0 spiro atoms. The highest BCUT2D eigenvalue weighted by molar-refractivity contribution is 5.95. The molecule has 0 saturated carbocycles. The fourth-order valence-corrected chi connectivity index (χ4v) is 6.39. The first-order valence-corrected chi connectivity index (χ1v) is 14.5. The third-order valence-corrected chi connectivity index (χ3v) is 8.24. The predicted octanol–water partition coefficient (Wildman–Crippen LogP) is 2.50. The maximum atomic E-state index is 14.2. The number of aromatic nitrogens is 3. The molecule has 3 aliphatic heterocycles. The lowest BCUT2D eigenvalue weighted by Gasteiger charge is -2.42. The number of pyridine rings is 1. The number of morpholine rings is 1. The van der Waals surface area contributed by atoms with Gasteiger partial charge in [-0.3, -0.25) is 9.88 Å². The number of nitrogens with two attached hydrogens (primary N) is 1. The molecule has 41 heavy (non-hydrogen) atoms. The second kappa shape index (κ2) is 11.7. The first kappa shape index (κ1) is 27.6. The first-order chi connectivity index (χ1) is 19.9. The predicted molar refractivity (Wildman–Crippen MR) is 158 cm³/mol. The van der Waals surface area contributed by atoms with Crippen molar-refractivity contribution >= 4 is 28.4 Å². The summed E-state index contributed by atoms with van der Waals surface area (Å²) in [6.45, 7) is 10.9. The number of piperazine rings is 1. The SMILES string of the molecule is Cc1cc(N2CCN(C[C@H]3CN(c4ccc(C#N)c5ncccc45)C[C@@H](C)O3)CC2)nc(N2C[C@H](N)C[C@@H](F)C2)n1. The van der Waals surface area contributed by atoms with E-state index in [1.807, 2.05) is 42.2 Å². The van der Waals surface area contributed by atoms with E-state index in [0.717, 1.165) is 73.9 Å². The van der Waals surface area contributed by atoms with Gasteiger partial charge in [-0.1, -0.05) is 0 Å². The molecule has 3 fully saturated rings. The van der Waals surface area contributed by atoms with Crippen molar-refractivity contribution in [2.75, 3.05) is 73.6 Å². The van der Waals surface area contributed by atoms with Crippen molar-refractivity contribution in [2.24, 2.45) is 5.73 Å². The number of benzene rings is 1. The zero-order valence-electron chi connectivity index (χ0n) is 23.8. The van der Waals surface area contributed by atoms with Crippen LogP contribution >= 0.6 is 0 Å². The molecule has 0 amide bonds. The number of anilines is 3. The Morgan fingerprint density at radius 3 is 2.66 bits per heavy atom. The van der Waals surface area contributed by atoms with E-state index in [0.29, 0.717) is 24.5 Å². The Labute approximate surface area is 240 Å². The zero-order chi connectivity index (χ0) is 28.5. The van der Waals surface area contributed by atoms with Crippen LogP contribution < -0.4 is 20.4 Å². The summed E-state index contributed by atoms with van der Waals surface area (Å²) < 4.78 is 20.6. The maximum absolute atomic E-state index is 14.2. The average molecular weight is 560 g/mol. The highest BCUT2D eigenvalue weighted by atomic mass is 19.1. The van der Waals surface area contributed by atoms with Crippen LogP contribution in [0.25, 0.3) is 10.9 Å². The zero-order valence-corrected chi connectivity index (χ0v) is 23.8. The molecule has 0 bridgehead atoms. The summed E-state index contributed by atoms with van der Waals surface area (Å²) in [5.74, 6) is 1.45. The summed E-state index contributed by atoms with van der Waals surface area (Å²) in [7, 11) is 0.